The average Bonchev–Trinajstić information content (AvgIpc) is 3.00. The number of thiazole rings is 1. The van der Waals surface area contributed by atoms with Crippen LogP contribution in [0, 0.1) is 6.92 Å². The number of hydrogen-bond acceptors (Lipinski definition) is 3. The summed E-state index contributed by atoms with van der Waals surface area (Å²) in [6.07, 6.45) is 1.65. The van der Waals surface area contributed by atoms with Gasteiger partial charge in [0.05, 0.1) is 21.7 Å². The summed E-state index contributed by atoms with van der Waals surface area (Å²) in [5.41, 5.74) is 3.16. The first-order valence-electron chi connectivity index (χ1n) is 6.79. The van der Waals surface area contributed by atoms with Gasteiger partial charge < -0.3 is 4.57 Å². The summed E-state index contributed by atoms with van der Waals surface area (Å²) >= 11 is 13.6. The summed E-state index contributed by atoms with van der Waals surface area (Å²) in [6.45, 7) is 2.88. The molecule has 0 aliphatic rings. The summed E-state index contributed by atoms with van der Waals surface area (Å²) < 4.78 is 2.22. The topological polar surface area (TPSA) is 30.7 Å². The highest BCUT2D eigenvalue weighted by Gasteiger charge is 2.11. The number of alkyl halides is 1. The van der Waals surface area contributed by atoms with E-state index in [1.54, 1.807) is 11.3 Å². The third kappa shape index (κ3) is 3.23. The molecule has 0 spiro atoms. The molecule has 1 aromatic carbocycles. The van der Waals surface area contributed by atoms with Gasteiger partial charge in [-0.3, -0.25) is 0 Å². The van der Waals surface area contributed by atoms with E-state index in [9.17, 15) is 0 Å². The lowest BCUT2D eigenvalue weighted by Crippen LogP contribution is -2.07. The van der Waals surface area contributed by atoms with Gasteiger partial charge in [-0.15, -0.1) is 22.9 Å². The van der Waals surface area contributed by atoms with Crippen LogP contribution < -0.4 is 0 Å². The van der Waals surface area contributed by atoms with Gasteiger partial charge in [-0.25, -0.2) is 9.97 Å². The number of hydrogen-bond donors (Lipinski definition) is 0. The minimum Gasteiger partial charge on any atom is -0.328 e. The lowest BCUT2D eigenvalue weighted by molar-refractivity contribution is 0.667. The molecule has 0 aliphatic heterocycles. The number of imidazole rings is 1. The van der Waals surface area contributed by atoms with Crippen molar-refractivity contribution >= 4 is 45.6 Å². The van der Waals surface area contributed by atoms with Gasteiger partial charge in [0.25, 0.3) is 0 Å². The van der Waals surface area contributed by atoms with E-state index in [4.69, 9.17) is 23.2 Å². The quantitative estimate of drug-likeness (QED) is 0.641. The van der Waals surface area contributed by atoms with Crippen molar-refractivity contribution in [2.24, 2.45) is 0 Å². The van der Waals surface area contributed by atoms with Crippen LogP contribution in [0.25, 0.3) is 11.0 Å². The first-order chi connectivity index (χ1) is 10.2. The Hall–Kier alpha value is -1.10. The lowest BCUT2D eigenvalue weighted by atomic mass is 10.3. The van der Waals surface area contributed by atoms with Gasteiger partial charge in [0.15, 0.2) is 0 Å². The Kier molecular flexibility index (Phi) is 4.48. The molecule has 0 saturated carbocycles. The molecule has 2 aromatic heterocycles. The van der Waals surface area contributed by atoms with Crippen LogP contribution in [-0.4, -0.2) is 20.4 Å². The maximum Gasteiger partial charge on any atom is 0.111 e. The van der Waals surface area contributed by atoms with Gasteiger partial charge in [0.2, 0.25) is 0 Å². The van der Waals surface area contributed by atoms with Crippen LogP contribution >= 0.6 is 34.5 Å². The Bertz CT molecular complexity index is 763. The van der Waals surface area contributed by atoms with Crippen LogP contribution in [0.15, 0.2) is 23.6 Å². The van der Waals surface area contributed by atoms with Crippen molar-refractivity contribution < 1.29 is 0 Å². The highest BCUT2D eigenvalue weighted by molar-refractivity contribution is 7.09. The van der Waals surface area contributed by atoms with Crippen molar-refractivity contribution in [1.82, 2.24) is 14.5 Å². The third-order valence-corrected chi connectivity index (χ3v) is 4.61. The van der Waals surface area contributed by atoms with Gasteiger partial charge in [0, 0.05) is 35.7 Å². The molecule has 21 heavy (non-hydrogen) atoms. The molecule has 0 aliphatic carbocycles. The Balaban J connectivity index is 1.92. The molecule has 3 nitrogen and oxygen atoms in total. The zero-order valence-corrected chi connectivity index (χ0v) is 14.0. The van der Waals surface area contributed by atoms with Crippen LogP contribution in [0.1, 0.15) is 16.5 Å². The number of aryl methyl sites for hydroxylation is 4. The van der Waals surface area contributed by atoms with E-state index in [1.165, 1.54) is 0 Å². The predicted molar refractivity (Wildman–Crippen MR) is 89.7 cm³/mol. The highest BCUT2D eigenvalue weighted by atomic mass is 35.5. The predicted octanol–water partition coefficient (Wildman–Crippen LogP) is 4.48. The summed E-state index contributed by atoms with van der Waals surface area (Å²) in [5, 5.41) is 3.93. The minimum atomic E-state index is 0.562. The molecule has 110 valence electrons. The Morgan fingerprint density at radius 3 is 2.81 bits per heavy atom. The van der Waals surface area contributed by atoms with Gasteiger partial charge in [-0.2, -0.15) is 0 Å². The number of rotatable bonds is 5. The zero-order valence-electron chi connectivity index (χ0n) is 11.6. The van der Waals surface area contributed by atoms with Crippen molar-refractivity contribution in [1.29, 1.82) is 0 Å². The maximum atomic E-state index is 6.05. The maximum absolute atomic E-state index is 6.05. The number of aromatic nitrogens is 3. The standard InChI is InChI=1S/C15H15Cl2N3S/c1-10-18-12(9-21-10)5-7-20-14-3-2-11(17)8-13(14)19-15(20)4-6-16/h2-3,8-9H,4-7H2,1H3. The van der Waals surface area contributed by atoms with Crippen LogP contribution in [0.5, 0.6) is 0 Å². The van der Waals surface area contributed by atoms with E-state index in [-0.39, 0.29) is 0 Å². The fourth-order valence-electron chi connectivity index (χ4n) is 2.43. The fraction of sp³-hybridized carbons (Fsp3) is 0.333. The summed E-state index contributed by atoms with van der Waals surface area (Å²) in [4.78, 5) is 9.17. The number of halogens is 2. The van der Waals surface area contributed by atoms with Crippen molar-refractivity contribution in [3.8, 4) is 0 Å². The number of fused-ring (bicyclic) bond motifs is 1. The van der Waals surface area contributed by atoms with Crippen LogP contribution in [0.3, 0.4) is 0 Å². The molecule has 0 unspecified atom stereocenters. The third-order valence-electron chi connectivity index (χ3n) is 3.37. The van der Waals surface area contributed by atoms with E-state index >= 15 is 0 Å². The summed E-state index contributed by atoms with van der Waals surface area (Å²) in [5.74, 6) is 1.57. The van der Waals surface area contributed by atoms with Crippen LogP contribution in [0.4, 0.5) is 0 Å². The molecular weight excluding hydrogens is 325 g/mol. The molecule has 0 N–H and O–H groups in total. The van der Waals surface area contributed by atoms with E-state index in [1.807, 2.05) is 25.1 Å². The second kappa shape index (κ2) is 6.34. The molecule has 3 aromatic rings. The molecule has 0 saturated heterocycles. The van der Waals surface area contributed by atoms with Crippen molar-refractivity contribution in [3.05, 3.63) is 45.1 Å². The van der Waals surface area contributed by atoms with Crippen LogP contribution in [-0.2, 0) is 19.4 Å². The van der Waals surface area contributed by atoms with Gasteiger partial charge in [-0.1, -0.05) is 11.6 Å². The molecule has 6 heteroatoms. The number of nitrogens with zero attached hydrogens (tertiary/aromatic N) is 3. The second-order valence-corrected chi connectivity index (χ2v) is 6.74. The largest absolute Gasteiger partial charge is 0.328 e. The average molecular weight is 340 g/mol. The molecule has 3 rings (SSSR count). The molecule has 0 bridgehead atoms. The Labute approximate surface area is 137 Å². The molecule has 0 fully saturated rings. The molecule has 2 heterocycles. The SMILES string of the molecule is Cc1nc(CCn2c(CCCl)nc3cc(Cl)ccc32)cs1. The van der Waals surface area contributed by atoms with Crippen LogP contribution in [0.2, 0.25) is 5.02 Å². The molecule has 0 radical (unpaired) electrons. The highest BCUT2D eigenvalue weighted by Crippen LogP contribution is 2.22. The monoisotopic (exact) mass is 339 g/mol. The van der Waals surface area contributed by atoms with E-state index in [0.29, 0.717) is 10.9 Å². The Morgan fingerprint density at radius 2 is 2.10 bits per heavy atom. The smallest absolute Gasteiger partial charge is 0.111 e. The lowest BCUT2D eigenvalue weighted by Gasteiger charge is -2.07. The minimum absolute atomic E-state index is 0.562. The molecule has 0 atom stereocenters. The van der Waals surface area contributed by atoms with Gasteiger partial charge >= 0.3 is 0 Å². The number of benzene rings is 1. The van der Waals surface area contributed by atoms with Gasteiger partial charge in [0.1, 0.15) is 5.82 Å². The first-order valence-corrected chi connectivity index (χ1v) is 8.58. The normalized spacial score (nSPS) is 11.4. The van der Waals surface area contributed by atoms with Crippen molar-refractivity contribution in [3.63, 3.8) is 0 Å². The van der Waals surface area contributed by atoms with Gasteiger partial charge in [-0.05, 0) is 25.1 Å². The van der Waals surface area contributed by atoms with E-state index in [2.05, 4.69) is 19.9 Å². The van der Waals surface area contributed by atoms with Crippen molar-refractivity contribution in [2.45, 2.75) is 26.3 Å². The van der Waals surface area contributed by atoms with Crippen molar-refractivity contribution in [2.75, 3.05) is 5.88 Å². The second-order valence-electron chi connectivity index (χ2n) is 4.86. The summed E-state index contributed by atoms with van der Waals surface area (Å²) in [6, 6.07) is 5.83. The zero-order chi connectivity index (χ0) is 14.8. The first kappa shape index (κ1) is 14.8. The fourth-order valence-corrected chi connectivity index (χ4v) is 3.41. The van der Waals surface area contributed by atoms with E-state index in [0.717, 1.165) is 46.9 Å². The van der Waals surface area contributed by atoms with E-state index < -0.39 is 0 Å². The Morgan fingerprint density at radius 1 is 1.24 bits per heavy atom. The molecular formula is C15H15Cl2N3S. The summed E-state index contributed by atoms with van der Waals surface area (Å²) in [7, 11) is 0. The molecule has 0 amide bonds.